The van der Waals surface area contributed by atoms with Gasteiger partial charge in [-0.1, -0.05) is 0 Å². The van der Waals surface area contributed by atoms with E-state index in [0.717, 1.165) is 30.8 Å². The molecular weight excluding hydrogens is 252 g/mol. The minimum absolute atomic E-state index is 0.546. The molecule has 0 aliphatic heterocycles. The average Bonchev–Trinajstić information content (AvgIpc) is 3.31. The van der Waals surface area contributed by atoms with E-state index in [0.29, 0.717) is 18.4 Å². The van der Waals surface area contributed by atoms with Crippen LogP contribution < -0.4 is 10.1 Å². The first-order chi connectivity index (χ1) is 9.76. The quantitative estimate of drug-likeness (QED) is 0.789. The van der Waals surface area contributed by atoms with Gasteiger partial charge in [-0.05, 0) is 39.7 Å². The van der Waals surface area contributed by atoms with Crippen molar-refractivity contribution in [1.82, 2.24) is 14.9 Å². The van der Waals surface area contributed by atoms with Crippen LogP contribution in [0, 0.1) is 0 Å². The third-order valence-corrected chi connectivity index (χ3v) is 3.88. The lowest BCUT2D eigenvalue weighted by molar-refractivity contribution is 0.226. The molecule has 0 aromatic carbocycles. The Balaban J connectivity index is 1.58. The SMILES string of the molecule is CCNc1cc(OCCN(C)C2CC2)nc(C2CC2)n1. The molecule has 0 atom stereocenters. The molecule has 110 valence electrons. The Morgan fingerprint density at radius 2 is 2.10 bits per heavy atom. The van der Waals surface area contributed by atoms with E-state index < -0.39 is 0 Å². The van der Waals surface area contributed by atoms with Crippen LogP contribution in [0.3, 0.4) is 0 Å². The van der Waals surface area contributed by atoms with E-state index in [1.54, 1.807) is 0 Å². The van der Waals surface area contributed by atoms with Gasteiger partial charge in [0, 0.05) is 31.1 Å². The molecule has 1 heterocycles. The predicted molar refractivity (Wildman–Crippen MR) is 79.3 cm³/mol. The Labute approximate surface area is 120 Å². The fourth-order valence-corrected chi connectivity index (χ4v) is 2.30. The number of rotatable bonds is 8. The van der Waals surface area contributed by atoms with Crippen LogP contribution >= 0.6 is 0 Å². The molecule has 2 saturated carbocycles. The summed E-state index contributed by atoms with van der Waals surface area (Å²) in [6.07, 6.45) is 5.08. The number of nitrogens with one attached hydrogen (secondary N) is 1. The van der Waals surface area contributed by atoms with Gasteiger partial charge in [-0.2, -0.15) is 4.98 Å². The first-order valence-electron chi connectivity index (χ1n) is 7.72. The second-order valence-corrected chi connectivity index (χ2v) is 5.81. The standard InChI is InChI=1S/C15H24N4O/c1-3-16-13-10-14(18-15(17-13)11-4-5-11)20-9-8-19(2)12-6-7-12/h10-12H,3-9H2,1-2H3,(H,16,17,18). The Bertz CT molecular complexity index is 457. The van der Waals surface area contributed by atoms with Crippen LogP contribution in [0.15, 0.2) is 6.07 Å². The van der Waals surface area contributed by atoms with Crippen molar-refractivity contribution in [2.75, 3.05) is 32.1 Å². The molecule has 5 nitrogen and oxygen atoms in total. The zero-order chi connectivity index (χ0) is 13.9. The summed E-state index contributed by atoms with van der Waals surface area (Å²) < 4.78 is 5.83. The summed E-state index contributed by atoms with van der Waals surface area (Å²) in [4.78, 5) is 11.5. The first-order valence-corrected chi connectivity index (χ1v) is 7.72. The second-order valence-electron chi connectivity index (χ2n) is 5.81. The highest BCUT2D eigenvalue weighted by Crippen LogP contribution is 2.39. The van der Waals surface area contributed by atoms with Crippen LogP contribution in [0.1, 0.15) is 44.3 Å². The fourth-order valence-electron chi connectivity index (χ4n) is 2.30. The van der Waals surface area contributed by atoms with Crippen LogP contribution in [-0.2, 0) is 0 Å². The second kappa shape index (κ2) is 5.95. The van der Waals surface area contributed by atoms with E-state index in [1.165, 1.54) is 25.7 Å². The molecular formula is C15H24N4O. The Kier molecular flexibility index (Phi) is 4.05. The van der Waals surface area contributed by atoms with Crippen molar-refractivity contribution >= 4 is 5.82 Å². The van der Waals surface area contributed by atoms with Crippen molar-refractivity contribution in [1.29, 1.82) is 0 Å². The molecule has 0 unspecified atom stereocenters. The van der Waals surface area contributed by atoms with E-state index in [9.17, 15) is 0 Å². The Morgan fingerprint density at radius 1 is 1.30 bits per heavy atom. The molecule has 0 radical (unpaired) electrons. The average molecular weight is 276 g/mol. The summed E-state index contributed by atoms with van der Waals surface area (Å²) in [6, 6.07) is 2.69. The molecule has 2 fully saturated rings. The number of likely N-dealkylation sites (N-methyl/N-ethyl adjacent to an activating group) is 1. The van der Waals surface area contributed by atoms with Gasteiger partial charge in [-0.3, -0.25) is 0 Å². The maximum atomic E-state index is 5.83. The van der Waals surface area contributed by atoms with Gasteiger partial charge in [0.15, 0.2) is 0 Å². The Hall–Kier alpha value is -1.36. The molecule has 0 spiro atoms. The summed E-state index contributed by atoms with van der Waals surface area (Å²) in [7, 11) is 2.17. The van der Waals surface area contributed by atoms with Gasteiger partial charge < -0.3 is 15.0 Å². The van der Waals surface area contributed by atoms with E-state index in [-0.39, 0.29) is 0 Å². The number of ether oxygens (including phenoxy) is 1. The lowest BCUT2D eigenvalue weighted by Crippen LogP contribution is -2.26. The molecule has 2 aliphatic rings. The molecule has 1 aromatic rings. The molecule has 20 heavy (non-hydrogen) atoms. The number of anilines is 1. The van der Waals surface area contributed by atoms with Crippen molar-refractivity contribution < 1.29 is 4.74 Å². The van der Waals surface area contributed by atoms with Crippen molar-refractivity contribution in [3.63, 3.8) is 0 Å². The van der Waals surface area contributed by atoms with Crippen molar-refractivity contribution in [3.05, 3.63) is 11.9 Å². The smallest absolute Gasteiger partial charge is 0.218 e. The van der Waals surface area contributed by atoms with Crippen LogP contribution in [0.4, 0.5) is 5.82 Å². The molecule has 2 aliphatic carbocycles. The molecule has 0 amide bonds. The van der Waals surface area contributed by atoms with Crippen LogP contribution in [-0.4, -0.2) is 47.7 Å². The maximum absolute atomic E-state index is 5.83. The summed E-state index contributed by atoms with van der Waals surface area (Å²) in [6.45, 7) is 4.60. The molecule has 5 heteroatoms. The molecule has 1 N–H and O–H groups in total. The third-order valence-electron chi connectivity index (χ3n) is 3.88. The fraction of sp³-hybridized carbons (Fsp3) is 0.733. The van der Waals surface area contributed by atoms with E-state index in [1.807, 2.05) is 6.07 Å². The zero-order valence-corrected chi connectivity index (χ0v) is 12.4. The highest BCUT2D eigenvalue weighted by molar-refractivity contribution is 5.39. The highest BCUT2D eigenvalue weighted by atomic mass is 16.5. The van der Waals surface area contributed by atoms with Crippen molar-refractivity contribution in [3.8, 4) is 5.88 Å². The van der Waals surface area contributed by atoms with Crippen LogP contribution in [0.2, 0.25) is 0 Å². The van der Waals surface area contributed by atoms with Gasteiger partial charge in [0.05, 0.1) is 0 Å². The molecule has 0 bridgehead atoms. The summed E-state index contributed by atoms with van der Waals surface area (Å²) >= 11 is 0. The highest BCUT2D eigenvalue weighted by Gasteiger charge is 2.28. The first kappa shape index (κ1) is 13.6. The number of hydrogen-bond acceptors (Lipinski definition) is 5. The number of hydrogen-bond donors (Lipinski definition) is 1. The third kappa shape index (κ3) is 3.60. The van der Waals surface area contributed by atoms with Gasteiger partial charge in [0.2, 0.25) is 5.88 Å². The van der Waals surface area contributed by atoms with Gasteiger partial charge >= 0.3 is 0 Å². The van der Waals surface area contributed by atoms with E-state index in [2.05, 4.69) is 34.2 Å². The van der Waals surface area contributed by atoms with Gasteiger partial charge in [-0.15, -0.1) is 0 Å². The monoisotopic (exact) mass is 276 g/mol. The van der Waals surface area contributed by atoms with Crippen molar-refractivity contribution in [2.24, 2.45) is 0 Å². The number of nitrogens with zero attached hydrogens (tertiary/aromatic N) is 3. The summed E-state index contributed by atoms with van der Waals surface area (Å²) in [5, 5.41) is 3.26. The van der Waals surface area contributed by atoms with Gasteiger partial charge in [0.25, 0.3) is 0 Å². The van der Waals surface area contributed by atoms with E-state index >= 15 is 0 Å². The van der Waals surface area contributed by atoms with Crippen molar-refractivity contribution in [2.45, 2.75) is 44.6 Å². The largest absolute Gasteiger partial charge is 0.476 e. The van der Waals surface area contributed by atoms with Gasteiger partial charge in [-0.25, -0.2) is 4.98 Å². The Morgan fingerprint density at radius 3 is 2.75 bits per heavy atom. The summed E-state index contributed by atoms with van der Waals surface area (Å²) in [5.41, 5.74) is 0. The van der Waals surface area contributed by atoms with Crippen LogP contribution in [0.5, 0.6) is 5.88 Å². The molecule has 3 rings (SSSR count). The van der Waals surface area contributed by atoms with Gasteiger partial charge in [0.1, 0.15) is 18.2 Å². The normalized spacial score (nSPS) is 18.4. The lowest BCUT2D eigenvalue weighted by atomic mass is 10.4. The minimum atomic E-state index is 0.546. The molecule has 1 aromatic heterocycles. The summed E-state index contributed by atoms with van der Waals surface area (Å²) in [5.74, 6) is 3.08. The van der Waals surface area contributed by atoms with E-state index in [4.69, 9.17) is 4.74 Å². The lowest BCUT2D eigenvalue weighted by Gasteiger charge is -2.16. The minimum Gasteiger partial charge on any atom is -0.476 e. The number of aromatic nitrogens is 2. The topological polar surface area (TPSA) is 50.3 Å². The molecule has 0 saturated heterocycles. The van der Waals surface area contributed by atoms with Crippen LogP contribution in [0.25, 0.3) is 0 Å². The zero-order valence-electron chi connectivity index (χ0n) is 12.4. The predicted octanol–water partition coefficient (Wildman–Crippen LogP) is 2.26. The maximum Gasteiger partial charge on any atom is 0.218 e.